The zero-order valence-corrected chi connectivity index (χ0v) is 9.07. The van der Waals surface area contributed by atoms with Crippen LogP contribution in [0.1, 0.15) is 32.3 Å². The van der Waals surface area contributed by atoms with Gasteiger partial charge in [-0.1, -0.05) is 48.9 Å². The molecule has 0 aliphatic heterocycles. The van der Waals surface area contributed by atoms with Crippen molar-refractivity contribution in [2.45, 2.75) is 32.8 Å². The third kappa shape index (κ3) is 3.00. The molecule has 1 N–H and O–H groups in total. The zero-order valence-electron chi connectivity index (χ0n) is 9.07. The highest BCUT2D eigenvalue weighted by Crippen LogP contribution is 2.23. The summed E-state index contributed by atoms with van der Waals surface area (Å²) < 4.78 is 0. The van der Waals surface area contributed by atoms with Crippen LogP contribution in [-0.4, -0.2) is 11.2 Å². The average Bonchev–Trinajstić information content (AvgIpc) is 2.17. The second-order valence-corrected chi connectivity index (χ2v) is 3.78. The number of hydrogen-bond donors (Lipinski definition) is 1. The van der Waals surface area contributed by atoms with E-state index >= 15 is 0 Å². The predicted octanol–water partition coefficient (Wildman–Crippen LogP) is 3.12. The van der Waals surface area contributed by atoms with E-state index in [0.717, 1.165) is 0 Å². The Morgan fingerprint density at radius 1 is 1.21 bits per heavy atom. The van der Waals surface area contributed by atoms with Gasteiger partial charge in [0.05, 0.1) is 6.10 Å². The first-order valence-electron chi connectivity index (χ1n) is 5.02. The first-order valence-corrected chi connectivity index (χ1v) is 5.02. The molecule has 2 unspecified atom stereocenters. The highest BCUT2D eigenvalue weighted by Gasteiger charge is 2.06. The van der Waals surface area contributed by atoms with E-state index in [-0.39, 0.29) is 6.10 Å². The molecule has 1 nitrogen and oxygen atoms in total. The van der Waals surface area contributed by atoms with Crippen molar-refractivity contribution in [1.82, 2.24) is 0 Å². The van der Waals surface area contributed by atoms with Gasteiger partial charge in [-0.25, -0.2) is 0 Å². The fourth-order valence-electron chi connectivity index (χ4n) is 1.53. The van der Waals surface area contributed by atoms with Gasteiger partial charge in [0.25, 0.3) is 0 Å². The van der Waals surface area contributed by atoms with Crippen LogP contribution in [0, 0.1) is 0 Å². The number of rotatable bonds is 3. The Morgan fingerprint density at radius 3 is 2.29 bits per heavy atom. The van der Waals surface area contributed by atoms with Gasteiger partial charge in [0, 0.05) is 5.92 Å². The molecule has 0 aliphatic carbocycles. The molecule has 0 saturated heterocycles. The molecule has 0 aliphatic rings. The maximum Gasteiger partial charge on any atom is 0.0695 e. The lowest BCUT2D eigenvalue weighted by Crippen LogP contribution is -2.00. The molecule has 0 bridgehead atoms. The molecule has 0 saturated carbocycles. The van der Waals surface area contributed by atoms with E-state index in [0.29, 0.717) is 5.92 Å². The molecule has 1 heteroatoms. The molecule has 0 heterocycles. The highest BCUT2D eigenvalue weighted by molar-refractivity contribution is 5.27. The normalized spacial score (nSPS) is 16.4. The smallest absolute Gasteiger partial charge is 0.0695 e. The van der Waals surface area contributed by atoms with E-state index in [4.69, 9.17) is 0 Å². The molecular weight excluding hydrogens is 172 g/mol. The lowest BCUT2D eigenvalue weighted by Gasteiger charge is -2.13. The van der Waals surface area contributed by atoms with Gasteiger partial charge in [0.15, 0.2) is 0 Å². The van der Waals surface area contributed by atoms with Crippen LogP contribution in [0.4, 0.5) is 0 Å². The van der Waals surface area contributed by atoms with E-state index in [9.17, 15) is 5.11 Å². The van der Waals surface area contributed by atoms with Crippen LogP contribution in [0.2, 0.25) is 0 Å². The van der Waals surface area contributed by atoms with Crippen LogP contribution < -0.4 is 0 Å². The summed E-state index contributed by atoms with van der Waals surface area (Å²) in [7, 11) is 0. The highest BCUT2D eigenvalue weighted by atomic mass is 16.3. The van der Waals surface area contributed by atoms with E-state index in [1.807, 2.05) is 24.3 Å². The fourth-order valence-corrected chi connectivity index (χ4v) is 1.53. The van der Waals surface area contributed by atoms with E-state index in [1.54, 1.807) is 6.92 Å². The Hall–Kier alpha value is -1.08. The van der Waals surface area contributed by atoms with Crippen molar-refractivity contribution >= 4 is 0 Å². The van der Waals surface area contributed by atoms with Crippen LogP contribution in [0.25, 0.3) is 0 Å². The Labute approximate surface area is 86.1 Å². The van der Waals surface area contributed by atoms with Crippen molar-refractivity contribution < 1.29 is 5.11 Å². The van der Waals surface area contributed by atoms with Crippen molar-refractivity contribution in [3.8, 4) is 0 Å². The second-order valence-electron chi connectivity index (χ2n) is 3.78. The van der Waals surface area contributed by atoms with E-state index < -0.39 is 0 Å². The van der Waals surface area contributed by atoms with Gasteiger partial charge in [-0.3, -0.25) is 0 Å². The average molecular weight is 190 g/mol. The number of allylic oxidation sites excluding steroid dienone is 1. The summed E-state index contributed by atoms with van der Waals surface area (Å²) in [6.45, 7) is 6.00. The van der Waals surface area contributed by atoms with Crippen molar-refractivity contribution in [2.24, 2.45) is 0 Å². The molecule has 1 aromatic rings. The Bertz CT molecular complexity index is 298. The van der Waals surface area contributed by atoms with Gasteiger partial charge in [-0.05, 0) is 19.4 Å². The molecule has 0 amide bonds. The molecule has 0 spiro atoms. The standard InChI is InChI=1S/C13H18O/c1-10(9-11(2)14)12(3)13-7-5-4-6-8-13/h4-9,11-12,14H,1-3H3/b10-9-. The summed E-state index contributed by atoms with van der Waals surface area (Å²) in [4.78, 5) is 0. The summed E-state index contributed by atoms with van der Waals surface area (Å²) in [6, 6.07) is 10.3. The first kappa shape index (κ1) is 11.0. The number of aliphatic hydroxyl groups is 1. The van der Waals surface area contributed by atoms with Gasteiger partial charge in [-0.2, -0.15) is 0 Å². The van der Waals surface area contributed by atoms with Crippen LogP contribution in [-0.2, 0) is 0 Å². The predicted molar refractivity (Wildman–Crippen MR) is 60.3 cm³/mol. The summed E-state index contributed by atoms with van der Waals surface area (Å²) in [6.07, 6.45) is 1.54. The van der Waals surface area contributed by atoms with Crippen molar-refractivity contribution in [3.63, 3.8) is 0 Å². The molecule has 2 atom stereocenters. The molecule has 14 heavy (non-hydrogen) atoms. The van der Waals surface area contributed by atoms with Gasteiger partial charge in [-0.15, -0.1) is 0 Å². The monoisotopic (exact) mass is 190 g/mol. The summed E-state index contributed by atoms with van der Waals surface area (Å²) in [5.74, 6) is 0.380. The Kier molecular flexibility index (Phi) is 3.90. The maximum absolute atomic E-state index is 9.24. The van der Waals surface area contributed by atoms with Crippen LogP contribution >= 0.6 is 0 Å². The van der Waals surface area contributed by atoms with Crippen LogP contribution in [0.5, 0.6) is 0 Å². The molecule has 0 aromatic heterocycles. The maximum atomic E-state index is 9.24. The topological polar surface area (TPSA) is 20.2 Å². The lowest BCUT2D eigenvalue weighted by atomic mass is 9.93. The SMILES string of the molecule is C/C(=C/C(C)O)C(C)c1ccccc1. The minimum absolute atomic E-state index is 0.360. The number of hydrogen-bond acceptors (Lipinski definition) is 1. The van der Waals surface area contributed by atoms with Gasteiger partial charge >= 0.3 is 0 Å². The molecular formula is C13H18O. The van der Waals surface area contributed by atoms with Gasteiger partial charge in [0.1, 0.15) is 0 Å². The van der Waals surface area contributed by atoms with E-state index in [1.165, 1.54) is 11.1 Å². The quantitative estimate of drug-likeness (QED) is 0.726. The van der Waals surface area contributed by atoms with E-state index in [2.05, 4.69) is 26.0 Å². The van der Waals surface area contributed by atoms with Crippen molar-refractivity contribution in [2.75, 3.05) is 0 Å². The van der Waals surface area contributed by atoms with Gasteiger partial charge in [0.2, 0.25) is 0 Å². The second kappa shape index (κ2) is 4.97. The zero-order chi connectivity index (χ0) is 10.6. The van der Waals surface area contributed by atoms with Crippen molar-refractivity contribution in [1.29, 1.82) is 0 Å². The van der Waals surface area contributed by atoms with Crippen molar-refractivity contribution in [3.05, 3.63) is 47.5 Å². The van der Waals surface area contributed by atoms with Gasteiger partial charge < -0.3 is 5.11 Å². The largest absolute Gasteiger partial charge is 0.389 e. The molecule has 0 radical (unpaired) electrons. The Balaban J connectivity index is 2.81. The Morgan fingerprint density at radius 2 is 1.79 bits per heavy atom. The third-order valence-electron chi connectivity index (χ3n) is 2.49. The summed E-state index contributed by atoms with van der Waals surface area (Å²) in [5.41, 5.74) is 2.51. The fraction of sp³-hybridized carbons (Fsp3) is 0.385. The summed E-state index contributed by atoms with van der Waals surface area (Å²) in [5, 5.41) is 9.24. The third-order valence-corrected chi connectivity index (χ3v) is 2.49. The minimum Gasteiger partial charge on any atom is -0.389 e. The lowest BCUT2D eigenvalue weighted by molar-refractivity contribution is 0.242. The van der Waals surface area contributed by atoms with Crippen LogP contribution in [0.3, 0.4) is 0 Å². The summed E-state index contributed by atoms with van der Waals surface area (Å²) >= 11 is 0. The number of benzene rings is 1. The van der Waals surface area contributed by atoms with Crippen LogP contribution in [0.15, 0.2) is 42.0 Å². The number of aliphatic hydroxyl groups excluding tert-OH is 1. The minimum atomic E-state index is -0.360. The molecule has 0 fully saturated rings. The molecule has 1 rings (SSSR count). The molecule has 1 aromatic carbocycles. The molecule has 76 valence electrons. The first-order chi connectivity index (χ1) is 6.61.